The van der Waals surface area contributed by atoms with E-state index in [4.69, 9.17) is 4.74 Å². The first-order valence-corrected chi connectivity index (χ1v) is 4.45. The Bertz CT molecular complexity index is 150. The maximum absolute atomic E-state index is 10.4. The van der Waals surface area contributed by atoms with Crippen LogP contribution in [0.5, 0.6) is 0 Å². The third-order valence-electron chi connectivity index (χ3n) is 2.94. The number of ether oxygens (including phenoxy) is 1. The largest absolute Gasteiger partial charge is 0.381 e. The van der Waals surface area contributed by atoms with Crippen LogP contribution in [0.25, 0.3) is 0 Å². The molecule has 11 heavy (non-hydrogen) atoms. The number of carbonyl (C=O) groups excluding carboxylic acids is 1. The molecule has 0 aromatic heterocycles. The monoisotopic (exact) mass is 154 g/mol. The van der Waals surface area contributed by atoms with Gasteiger partial charge in [-0.05, 0) is 31.1 Å². The van der Waals surface area contributed by atoms with Gasteiger partial charge < -0.3 is 9.53 Å². The van der Waals surface area contributed by atoms with Gasteiger partial charge in [0.15, 0.2) is 0 Å². The first-order chi connectivity index (χ1) is 5.42. The zero-order valence-corrected chi connectivity index (χ0v) is 6.66. The highest BCUT2D eigenvalue weighted by atomic mass is 16.5. The molecule has 1 heterocycles. The van der Waals surface area contributed by atoms with Gasteiger partial charge in [-0.25, -0.2) is 0 Å². The second kappa shape index (κ2) is 2.94. The van der Waals surface area contributed by atoms with E-state index in [-0.39, 0.29) is 0 Å². The fourth-order valence-electron chi connectivity index (χ4n) is 2.08. The fraction of sp³-hybridized carbons (Fsp3) is 0.889. The Labute approximate surface area is 66.9 Å². The predicted molar refractivity (Wildman–Crippen MR) is 41.2 cm³/mol. The van der Waals surface area contributed by atoms with Gasteiger partial charge in [-0.15, -0.1) is 0 Å². The van der Waals surface area contributed by atoms with Crippen LogP contribution in [0.15, 0.2) is 0 Å². The van der Waals surface area contributed by atoms with Gasteiger partial charge in [0.2, 0.25) is 0 Å². The van der Waals surface area contributed by atoms with Crippen LogP contribution >= 0.6 is 0 Å². The molecule has 0 N–H and O–H groups in total. The van der Waals surface area contributed by atoms with E-state index in [2.05, 4.69) is 0 Å². The molecule has 1 saturated carbocycles. The molecule has 2 rings (SSSR count). The van der Waals surface area contributed by atoms with Crippen LogP contribution in [0.1, 0.15) is 19.3 Å². The Hall–Kier alpha value is -0.370. The van der Waals surface area contributed by atoms with Crippen molar-refractivity contribution in [1.82, 2.24) is 0 Å². The van der Waals surface area contributed by atoms with Crippen LogP contribution in [-0.2, 0) is 9.53 Å². The standard InChI is InChI=1S/C9H14O2/c10-6-8-5-9(8)7-1-3-11-4-2-7/h6-9H,1-5H2/t8-,9-/m0/s1. The van der Waals surface area contributed by atoms with Crippen molar-refractivity contribution in [2.45, 2.75) is 19.3 Å². The maximum atomic E-state index is 10.4. The molecule has 1 saturated heterocycles. The summed E-state index contributed by atoms with van der Waals surface area (Å²) in [5.41, 5.74) is 0. The average molecular weight is 154 g/mol. The molecule has 0 spiro atoms. The van der Waals surface area contributed by atoms with Gasteiger partial charge in [0.25, 0.3) is 0 Å². The Morgan fingerprint density at radius 1 is 1.27 bits per heavy atom. The summed E-state index contributed by atoms with van der Waals surface area (Å²) in [6.07, 6.45) is 4.62. The summed E-state index contributed by atoms with van der Waals surface area (Å²) in [7, 11) is 0. The Morgan fingerprint density at radius 3 is 2.55 bits per heavy atom. The van der Waals surface area contributed by atoms with Crippen molar-refractivity contribution in [3.05, 3.63) is 0 Å². The molecule has 0 unspecified atom stereocenters. The van der Waals surface area contributed by atoms with Crippen LogP contribution in [0.4, 0.5) is 0 Å². The fourth-order valence-corrected chi connectivity index (χ4v) is 2.08. The molecular weight excluding hydrogens is 140 g/mol. The third kappa shape index (κ3) is 1.45. The zero-order chi connectivity index (χ0) is 7.68. The summed E-state index contributed by atoms with van der Waals surface area (Å²) in [6.45, 7) is 1.82. The number of hydrogen-bond acceptors (Lipinski definition) is 2. The number of hydrogen-bond donors (Lipinski definition) is 0. The van der Waals surface area contributed by atoms with E-state index in [1.807, 2.05) is 0 Å². The highest BCUT2D eigenvalue weighted by Gasteiger charge is 2.42. The molecule has 0 radical (unpaired) electrons. The van der Waals surface area contributed by atoms with Gasteiger partial charge in [-0.3, -0.25) is 0 Å². The number of rotatable bonds is 2. The maximum Gasteiger partial charge on any atom is 0.123 e. The smallest absolute Gasteiger partial charge is 0.123 e. The summed E-state index contributed by atoms with van der Waals surface area (Å²) >= 11 is 0. The lowest BCUT2D eigenvalue weighted by molar-refractivity contribution is -0.109. The summed E-state index contributed by atoms with van der Waals surface area (Å²) < 4.78 is 5.26. The van der Waals surface area contributed by atoms with E-state index in [9.17, 15) is 4.79 Å². The molecule has 2 heteroatoms. The van der Waals surface area contributed by atoms with Crippen LogP contribution in [0, 0.1) is 17.8 Å². The second-order valence-electron chi connectivity index (χ2n) is 3.65. The molecule has 62 valence electrons. The van der Waals surface area contributed by atoms with Gasteiger partial charge in [0, 0.05) is 19.1 Å². The first kappa shape index (κ1) is 7.29. The molecule has 2 nitrogen and oxygen atoms in total. The van der Waals surface area contributed by atoms with Crippen LogP contribution in [0.2, 0.25) is 0 Å². The normalized spacial score (nSPS) is 38.5. The number of aldehydes is 1. The summed E-state index contributed by atoms with van der Waals surface area (Å²) in [5.74, 6) is 1.91. The highest BCUT2D eigenvalue weighted by Crippen LogP contribution is 2.46. The van der Waals surface area contributed by atoms with E-state index in [1.165, 1.54) is 12.8 Å². The lowest BCUT2D eigenvalue weighted by Crippen LogP contribution is -2.17. The highest BCUT2D eigenvalue weighted by molar-refractivity contribution is 5.58. The first-order valence-electron chi connectivity index (χ1n) is 4.45. The van der Waals surface area contributed by atoms with E-state index >= 15 is 0 Å². The predicted octanol–water partition coefficient (Wildman–Crippen LogP) is 1.25. The minimum Gasteiger partial charge on any atom is -0.381 e. The van der Waals surface area contributed by atoms with E-state index < -0.39 is 0 Å². The second-order valence-corrected chi connectivity index (χ2v) is 3.65. The van der Waals surface area contributed by atoms with Crippen molar-refractivity contribution < 1.29 is 9.53 Å². The summed E-state index contributed by atoms with van der Waals surface area (Å²) in [5, 5.41) is 0. The molecule has 2 fully saturated rings. The zero-order valence-electron chi connectivity index (χ0n) is 6.66. The number of carbonyl (C=O) groups is 1. The van der Waals surface area contributed by atoms with Crippen molar-refractivity contribution in [1.29, 1.82) is 0 Å². The molecule has 0 amide bonds. The summed E-state index contributed by atoms with van der Waals surface area (Å²) in [4.78, 5) is 10.4. The van der Waals surface area contributed by atoms with Gasteiger partial charge in [0.1, 0.15) is 6.29 Å². The van der Waals surface area contributed by atoms with Crippen molar-refractivity contribution >= 4 is 6.29 Å². The molecule has 0 aromatic carbocycles. The SMILES string of the molecule is O=C[C@@H]1C[C@H]1C1CCOCC1. The third-order valence-corrected chi connectivity index (χ3v) is 2.94. The minimum absolute atomic E-state index is 0.401. The molecule has 2 atom stereocenters. The minimum atomic E-state index is 0.401. The van der Waals surface area contributed by atoms with Crippen molar-refractivity contribution in [3.63, 3.8) is 0 Å². The molecule has 1 aliphatic heterocycles. The van der Waals surface area contributed by atoms with Crippen LogP contribution in [-0.4, -0.2) is 19.5 Å². The van der Waals surface area contributed by atoms with E-state index in [0.717, 1.165) is 37.8 Å². The quantitative estimate of drug-likeness (QED) is 0.559. The van der Waals surface area contributed by atoms with Crippen molar-refractivity contribution in [2.75, 3.05) is 13.2 Å². The molecule has 2 aliphatic rings. The topological polar surface area (TPSA) is 26.3 Å². The Morgan fingerprint density at radius 2 is 2.00 bits per heavy atom. The van der Waals surface area contributed by atoms with Crippen molar-refractivity contribution in [3.8, 4) is 0 Å². The van der Waals surface area contributed by atoms with Gasteiger partial charge in [0.05, 0.1) is 0 Å². The Balaban J connectivity index is 1.81. The van der Waals surface area contributed by atoms with Crippen LogP contribution < -0.4 is 0 Å². The Kier molecular flexibility index (Phi) is 1.95. The molecular formula is C9H14O2. The van der Waals surface area contributed by atoms with Crippen LogP contribution in [0.3, 0.4) is 0 Å². The van der Waals surface area contributed by atoms with Crippen molar-refractivity contribution in [2.24, 2.45) is 17.8 Å². The summed E-state index contributed by atoms with van der Waals surface area (Å²) in [6, 6.07) is 0. The lowest BCUT2D eigenvalue weighted by Gasteiger charge is -2.21. The van der Waals surface area contributed by atoms with E-state index in [1.54, 1.807) is 0 Å². The van der Waals surface area contributed by atoms with E-state index in [0.29, 0.717) is 5.92 Å². The molecule has 0 aromatic rings. The molecule has 1 aliphatic carbocycles. The lowest BCUT2D eigenvalue weighted by atomic mass is 9.94. The van der Waals surface area contributed by atoms with Gasteiger partial charge >= 0.3 is 0 Å². The van der Waals surface area contributed by atoms with Gasteiger partial charge in [-0.2, -0.15) is 0 Å². The van der Waals surface area contributed by atoms with Gasteiger partial charge in [-0.1, -0.05) is 0 Å². The average Bonchev–Trinajstić information content (AvgIpc) is 2.85. The molecule has 0 bridgehead atoms.